The molecule has 2 aromatic heterocycles. The Kier molecular flexibility index (Phi) is 10.1. The zero-order valence-corrected chi connectivity index (χ0v) is 31.2. The molecule has 52 heavy (non-hydrogen) atoms. The number of hydrogen-bond acceptors (Lipinski definition) is 8. The van der Waals surface area contributed by atoms with Crippen LogP contribution in [0.5, 0.6) is 11.5 Å². The Labute approximate surface area is 304 Å². The van der Waals surface area contributed by atoms with Gasteiger partial charge in [0.05, 0.1) is 56.8 Å². The normalized spacial score (nSPS) is 18.4. The molecule has 0 fully saturated rings. The van der Waals surface area contributed by atoms with Gasteiger partial charge in [0.15, 0.2) is 0 Å². The largest absolute Gasteiger partial charge is 0.497 e. The fourth-order valence-electron chi connectivity index (χ4n) is 7.85. The molecule has 0 saturated carbocycles. The zero-order chi connectivity index (χ0) is 36.4. The summed E-state index contributed by atoms with van der Waals surface area (Å²) in [6.07, 6.45) is 4.01. The lowest BCUT2D eigenvalue weighted by atomic mass is 9.86. The molecular weight excluding hydrogens is 671 g/mol. The van der Waals surface area contributed by atoms with E-state index in [1.165, 1.54) is 9.87 Å². The first-order valence-corrected chi connectivity index (χ1v) is 20.8. The van der Waals surface area contributed by atoms with Crippen LogP contribution in [0.1, 0.15) is 42.2 Å². The van der Waals surface area contributed by atoms with E-state index in [0.717, 1.165) is 40.1 Å². The van der Waals surface area contributed by atoms with E-state index in [-0.39, 0.29) is 41.8 Å². The number of aromatic nitrogens is 5. The van der Waals surface area contributed by atoms with Crippen LogP contribution in [0.4, 0.5) is 0 Å². The molecule has 0 aliphatic carbocycles. The van der Waals surface area contributed by atoms with E-state index in [0.29, 0.717) is 17.6 Å². The number of hydrogen-bond donors (Lipinski definition) is 1. The molecule has 1 aliphatic heterocycles. The third-order valence-corrected chi connectivity index (χ3v) is 15.2. The highest BCUT2D eigenvalue weighted by Crippen LogP contribution is 2.47. The number of benzene rings is 4. The molecule has 0 radical (unpaired) electrons. The van der Waals surface area contributed by atoms with E-state index < -0.39 is 8.07 Å². The van der Waals surface area contributed by atoms with Gasteiger partial charge in [-0.25, -0.2) is 0 Å². The maximum atomic E-state index is 13.5. The second kappa shape index (κ2) is 14.9. The topological polar surface area (TPSA) is 114 Å². The molecule has 1 N–H and O–H groups in total. The van der Waals surface area contributed by atoms with Gasteiger partial charge in [0, 0.05) is 36.7 Å². The van der Waals surface area contributed by atoms with Gasteiger partial charge >= 0.3 is 0 Å². The van der Waals surface area contributed by atoms with Gasteiger partial charge in [0.25, 0.3) is 5.56 Å². The first kappa shape index (κ1) is 35.3. The van der Waals surface area contributed by atoms with Crippen molar-refractivity contribution < 1.29 is 19.3 Å². The Bertz CT molecular complexity index is 2200. The minimum atomic E-state index is -2.26. The van der Waals surface area contributed by atoms with Gasteiger partial charge in [0.2, 0.25) is 0 Å². The molecule has 0 amide bonds. The van der Waals surface area contributed by atoms with Crippen LogP contribution < -0.4 is 20.2 Å². The average molecular weight is 716 g/mol. The number of aliphatic hydroxyl groups excluding tert-OH is 1. The highest BCUT2D eigenvalue weighted by atomic mass is 28.3. The van der Waals surface area contributed by atoms with Gasteiger partial charge in [0.1, 0.15) is 17.6 Å². The van der Waals surface area contributed by atoms with Gasteiger partial charge in [-0.1, -0.05) is 91.1 Å². The fourth-order valence-corrected chi connectivity index (χ4v) is 11.3. The summed E-state index contributed by atoms with van der Waals surface area (Å²) < 4.78 is 22.1. The van der Waals surface area contributed by atoms with Crippen LogP contribution in [0.25, 0.3) is 16.5 Å². The second-order valence-electron chi connectivity index (χ2n) is 14.2. The summed E-state index contributed by atoms with van der Waals surface area (Å²) in [5.41, 5.74) is 3.26. The Morgan fingerprint density at radius 2 is 1.71 bits per heavy atom. The van der Waals surface area contributed by atoms with Crippen LogP contribution in [0.3, 0.4) is 0 Å². The molecule has 4 aromatic carbocycles. The lowest BCUT2D eigenvalue weighted by molar-refractivity contribution is -0.0234. The van der Waals surface area contributed by atoms with Crippen molar-refractivity contribution in [2.24, 2.45) is 5.92 Å². The van der Waals surface area contributed by atoms with E-state index in [4.69, 9.17) is 14.2 Å². The van der Waals surface area contributed by atoms with E-state index in [2.05, 4.69) is 47.6 Å². The Hall–Kier alpha value is -5.10. The van der Waals surface area contributed by atoms with Crippen LogP contribution >= 0.6 is 0 Å². The lowest BCUT2D eigenvalue weighted by Gasteiger charge is -2.46. The molecular formula is C41H45N5O5Si. The Morgan fingerprint density at radius 1 is 0.962 bits per heavy atom. The number of nitrogens with zero attached hydrogens (tertiary/aromatic N) is 5. The van der Waals surface area contributed by atoms with Crippen LogP contribution in [0.2, 0.25) is 18.6 Å². The molecule has 268 valence electrons. The first-order valence-electron chi connectivity index (χ1n) is 17.7. The zero-order valence-electron chi connectivity index (χ0n) is 30.2. The number of fused-ring (bicyclic) bond motifs is 2. The van der Waals surface area contributed by atoms with Crippen LogP contribution in [0.15, 0.2) is 114 Å². The summed E-state index contributed by atoms with van der Waals surface area (Å²) >= 11 is 0. The van der Waals surface area contributed by atoms with E-state index >= 15 is 0 Å². The highest BCUT2D eigenvalue weighted by molar-refractivity contribution is 6.91. The second-order valence-corrected chi connectivity index (χ2v) is 18.9. The third kappa shape index (κ3) is 6.67. The highest BCUT2D eigenvalue weighted by Gasteiger charge is 2.47. The van der Waals surface area contributed by atoms with Crippen molar-refractivity contribution in [3.8, 4) is 17.2 Å². The van der Waals surface area contributed by atoms with Crippen LogP contribution in [-0.2, 0) is 11.3 Å². The number of rotatable bonds is 12. The molecule has 6 aromatic rings. The van der Waals surface area contributed by atoms with E-state index in [1.54, 1.807) is 20.4 Å². The summed E-state index contributed by atoms with van der Waals surface area (Å²) in [7, 11) is 1.17. The minimum Gasteiger partial charge on any atom is -0.497 e. The molecule has 0 bridgehead atoms. The summed E-state index contributed by atoms with van der Waals surface area (Å²) in [6, 6.07) is 31.6. The first-order chi connectivity index (χ1) is 25.2. The average Bonchev–Trinajstić information content (AvgIpc) is 3.64. The van der Waals surface area contributed by atoms with Gasteiger partial charge in [-0.15, -0.1) is 5.10 Å². The van der Waals surface area contributed by atoms with E-state index in [9.17, 15) is 9.90 Å². The fraction of sp³-hybridized carbons (Fsp3) is 0.317. The molecule has 7 rings (SSSR count). The van der Waals surface area contributed by atoms with Gasteiger partial charge in [-0.2, -0.15) is 9.78 Å². The molecule has 0 spiro atoms. The molecule has 3 heterocycles. The van der Waals surface area contributed by atoms with E-state index in [1.807, 2.05) is 95.8 Å². The summed E-state index contributed by atoms with van der Waals surface area (Å²) in [4.78, 5) is 13.5. The van der Waals surface area contributed by atoms with Gasteiger partial charge in [-0.3, -0.25) is 9.48 Å². The van der Waals surface area contributed by atoms with Crippen molar-refractivity contribution in [2.45, 2.75) is 56.7 Å². The monoisotopic (exact) mass is 715 g/mol. The summed E-state index contributed by atoms with van der Waals surface area (Å²) in [6.45, 7) is 7.57. The lowest BCUT2D eigenvalue weighted by Crippen LogP contribution is -2.54. The smallest absolute Gasteiger partial charge is 0.279 e. The SMILES string of the molecule is COc1ccc([Si](C)(C)C(CCn2cc(C(CO)c3ccccc3)nn2)[C@@H]2Oc3ccc(-n4ncc5ccccc5c4=O)cc3[C@H](OC)[C@H]2C)cc1. The van der Waals surface area contributed by atoms with Crippen molar-refractivity contribution >= 4 is 24.0 Å². The van der Waals surface area contributed by atoms with Crippen molar-refractivity contribution in [1.29, 1.82) is 0 Å². The molecule has 10 nitrogen and oxygen atoms in total. The third-order valence-electron chi connectivity index (χ3n) is 10.9. The van der Waals surface area contributed by atoms with Crippen molar-refractivity contribution in [3.63, 3.8) is 0 Å². The summed E-state index contributed by atoms with van der Waals surface area (Å²) in [5, 5.41) is 26.5. The Balaban J connectivity index is 1.22. The Morgan fingerprint density at radius 3 is 2.44 bits per heavy atom. The van der Waals surface area contributed by atoms with Crippen molar-refractivity contribution in [1.82, 2.24) is 24.8 Å². The molecule has 2 unspecified atom stereocenters. The molecule has 5 atom stereocenters. The predicted octanol–water partition coefficient (Wildman–Crippen LogP) is 6.27. The predicted molar refractivity (Wildman–Crippen MR) is 205 cm³/mol. The molecule has 11 heteroatoms. The van der Waals surface area contributed by atoms with Gasteiger partial charge in [-0.05, 0) is 53.9 Å². The molecule has 1 aliphatic rings. The number of methoxy groups -OCH3 is 2. The van der Waals surface area contributed by atoms with Crippen molar-refractivity contribution in [2.75, 3.05) is 20.8 Å². The summed E-state index contributed by atoms with van der Waals surface area (Å²) in [5.74, 6) is 1.30. The van der Waals surface area contributed by atoms with Crippen molar-refractivity contribution in [3.05, 3.63) is 137 Å². The molecule has 0 saturated heterocycles. The minimum absolute atomic E-state index is 0.0211. The quantitative estimate of drug-likeness (QED) is 0.148. The van der Waals surface area contributed by atoms with Crippen LogP contribution in [0, 0.1) is 5.92 Å². The van der Waals surface area contributed by atoms with Gasteiger partial charge < -0.3 is 19.3 Å². The number of aliphatic hydroxyl groups is 1. The van der Waals surface area contributed by atoms with Crippen LogP contribution in [-0.4, -0.2) is 64.9 Å². The standard InChI is InChI=1S/C41H45N5O5Si/c1-27-39(50-3)34-23-30(46-41(48)33-14-10-9-13-29(33)24-42-46)15-20-37(34)51-40(27)38(52(4,5)32-18-16-31(49-2)17-19-32)21-22-45-25-36(43-44-45)35(26-47)28-11-7-6-8-12-28/h6-20,23-25,27,35,38-40,47H,21-22,26H2,1-5H3/t27-,35?,38?,39-,40-/m1/s1. The number of aryl methyl sites for hydroxylation is 1. The maximum absolute atomic E-state index is 13.5. The number of ether oxygens (including phenoxy) is 3. The maximum Gasteiger partial charge on any atom is 0.279 e.